The first kappa shape index (κ1) is 23.1. The molecule has 3 heteroatoms. The van der Waals surface area contributed by atoms with Crippen LogP contribution < -0.4 is 10.6 Å². The van der Waals surface area contributed by atoms with Crippen molar-refractivity contribution in [1.82, 2.24) is 10.6 Å². The number of nitrogens with one attached hydrogen (secondary N) is 2. The predicted octanol–water partition coefficient (Wildman–Crippen LogP) is 5.37. The summed E-state index contributed by atoms with van der Waals surface area (Å²) in [6.07, 6.45) is 13.2. The van der Waals surface area contributed by atoms with Crippen molar-refractivity contribution in [3.05, 3.63) is 0 Å². The molecule has 174 valence electrons. The molecule has 0 aliphatic heterocycles. The van der Waals surface area contributed by atoms with E-state index in [0.717, 1.165) is 18.3 Å². The molecule has 9 atom stereocenters. The Balaban J connectivity index is 1.72. The second-order valence-corrected chi connectivity index (χ2v) is 13.0. The van der Waals surface area contributed by atoms with Crippen molar-refractivity contribution in [3.8, 4) is 0 Å². The fourth-order valence-electron chi connectivity index (χ4n) is 10.1. The van der Waals surface area contributed by atoms with Gasteiger partial charge in [-0.2, -0.15) is 0 Å². The van der Waals surface area contributed by atoms with Crippen molar-refractivity contribution < 1.29 is 5.11 Å². The molecular weight excluding hydrogens is 368 g/mol. The summed E-state index contributed by atoms with van der Waals surface area (Å²) in [5.41, 5.74) is 1.41. The van der Waals surface area contributed by atoms with Gasteiger partial charge in [-0.25, -0.2) is 0 Å². The molecule has 0 amide bonds. The summed E-state index contributed by atoms with van der Waals surface area (Å²) in [4.78, 5) is 0. The molecule has 9 unspecified atom stereocenters. The predicted molar refractivity (Wildman–Crippen MR) is 126 cm³/mol. The second kappa shape index (κ2) is 7.73. The molecule has 4 rings (SSSR count). The SMILES string of the molecule is CNC(C)C1C(O)CC2(C)C3CCC4C(CCCCC12C)(CCC(NC)C4(C)C)C3. The van der Waals surface area contributed by atoms with Crippen molar-refractivity contribution in [2.75, 3.05) is 14.1 Å². The van der Waals surface area contributed by atoms with Crippen LogP contribution >= 0.6 is 0 Å². The van der Waals surface area contributed by atoms with Crippen molar-refractivity contribution in [3.63, 3.8) is 0 Å². The molecular formula is C27H50N2O. The zero-order chi connectivity index (χ0) is 21.9. The van der Waals surface area contributed by atoms with Crippen molar-refractivity contribution in [1.29, 1.82) is 0 Å². The van der Waals surface area contributed by atoms with E-state index < -0.39 is 0 Å². The zero-order valence-corrected chi connectivity index (χ0v) is 21.0. The number of aliphatic hydroxyl groups is 1. The van der Waals surface area contributed by atoms with Gasteiger partial charge >= 0.3 is 0 Å². The topological polar surface area (TPSA) is 44.3 Å². The molecule has 0 aromatic rings. The summed E-state index contributed by atoms with van der Waals surface area (Å²) in [7, 11) is 4.25. The van der Waals surface area contributed by atoms with Gasteiger partial charge in [-0.15, -0.1) is 0 Å². The van der Waals surface area contributed by atoms with Crippen LogP contribution in [0.3, 0.4) is 0 Å². The number of fused-ring (bicyclic) bond motifs is 3. The molecule has 0 aromatic carbocycles. The van der Waals surface area contributed by atoms with Crippen LogP contribution in [-0.4, -0.2) is 37.4 Å². The first-order valence-corrected chi connectivity index (χ1v) is 13.1. The molecule has 3 N–H and O–H groups in total. The minimum atomic E-state index is -0.160. The minimum absolute atomic E-state index is 0.160. The lowest BCUT2D eigenvalue weighted by molar-refractivity contribution is -0.117. The summed E-state index contributed by atoms with van der Waals surface area (Å²) >= 11 is 0. The van der Waals surface area contributed by atoms with Gasteiger partial charge < -0.3 is 15.7 Å². The maximum Gasteiger partial charge on any atom is 0.0594 e. The van der Waals surface area contributed by atoms with Gasteiger partial charge in [0, 0.05) is 18.0 Å². The molecule has 4 aliphatic rings. The molecule has 4 aliphatic carbocycles. The van der Waals surface area contributed by atoms with Gasteiger partial charge in [-0.3, -0.25) is 0 Å². The summed E-state index contributed by atoms with van der Waals surface area (Å²) in [6.45, 7) is 12.6. The maximum absolute atomic E-state index is 11.3. The molecule has 4 fully saturated rings. The van der Waals surface area contributed by atoms with Crippen LogP contribution in [0.4, 0.5) is 0 Å². The Morgan fingerprint density at radius 1 is 0.867 bits per heavy atom. The monoisotopic (exact) mass is 418 g/mol. The van der Waals surface area contributed by atoms with Crippen LogP contribution in [0.1, 0.15) is 98.8 Å². The van der Waals surface area contributed by atoms with Gasteiger partial charge in [-0.05, 0) is 106 Å². The molecule has 0 heterocycles. The fourth-order valence-corrected chi connectivity index (χ4v) is 10.1. The van der Waals surface area contributed by atoms with Crippen LogP contribution in [0.25, 0.3) is 0 Å². The molecule has 0 aromatic heterocycles. The maximum atomic E-state index is 11.3. The molecule has 3 nitrogen and oxygen atoms in total. The van der Waals surface area contributed by atoms with Crippen molar-refractivity contribution in [2.24, 2.45) is 39.4 Å². The Hall–Kier alpha value is -0.120. The Morgan fingerprint density at radius 2 is 1.57 bits per heavy atom. The number of aliphatic hydroxyl groups excluding tert-OH is 1. The van der Waals surface area contributed by atoms with Crippen molar-refractivity contribution in [2.45, 2.75) is 117 Å². The van der Waals surface area contributed by atoms with E-state index >= 15 is 0 Å². The highest BCUT2D eigenvalue weighted by atomic mass is 16.3. The largest absolute Gasteiger partial charge is 0.393 e. The first-order chi connectivity index (χ1) is 14.1. The van der Waals surface area contributed by atoms with Crippen LogP contribution in [0.15, 0.2) is 0 Å². The van der Waals surface area contributed by atoms with Crippen LogP contribution in [0.5, 0.6) is 0 Å². The standard InChI is InChI=1S/C27H50N2O/c1-18(28-6)23-20(30)17-26(5)19-10-11-21-24(2,3)22(29-7)12-15-27(21,16-19)14-9-8-13-25(23,26)4/h18-23,28-30H,8-17H2,1-7H3. The minimum Gasteiger partial charge on any atom is -0.393 e. The van der Waals surface area contributed by atoms with Crippen LogP contribution in [0, 0.1) is 39.4 Å². The zero-order valence-electron chi connectivity index (χ0n) is 21.0. The van der Waals surface area contributed by atoms with Gasteiger partial charge in [0.25, 0.3) is 0 Å². The third-order valence-electron chi connectivity index (χ3n) is 11.9. The lowest BCUT2D eigenvalue weighted by Crippen LogP contribution is -2.58. The van der Waals surface area contributed by atoms with E-state index in [1.807, 2.05) is 0 Å². The number of hydrogen-bond acceptors (Lipinski definition) is 3. The number of hydrogen-bond donors (Lipinski definition) is 3. The second-order valence-electron chi connectivity index (χ2n) is 13.0. The number of rotatable bonds is 3. The van der Waals surface area contributed by atoms with E-state index in [-0.39, 0.29) is 16.9 Å². The Bertz CT molecular complexity index is 634. The molecule has 2 bridgehead atoms. The lowest BCUT2D eigenvalue weighted by atomic mass is 9.44. The first-order valence-electron chi connectivity index (χ1n) is 13.1. The van der Waals surface area contributed by atoms with Gasteiger partial charge in [0.2, 0.25) is 0 Å². The summed E-state index contributed by atoms with van der Waals surface area (Å²) in [5, 5.41) is 18.5. The summed E-state index contributed by atoms with van der Waals surface area (Å²) in [6, 6.07) is 1.04. The lowest BCUT2D eigenvalue weighted by Gasteiger charge is -2.62. The van der Waals surface area contributed by atoms with Gasteiger partial charge in [-0.1, -0.05) is 40.5 Å². The quantitative estimate of drug-likeness (QED) is 0.577. The fraction of sp³-hybridized carbons (Fsp3) is 1.00. The van der Waals surface area contributed by atoms with Gasteiger partial charge in [0.15, 0.2) is 0 Å². The third kappa shape index (κ3) is 3.08. The summed E-state index contributed by atoms with van der Waals surface area (Å²) in [5.74, 6) is 1.98. The van der Waals surface area contributed by atoms with E-state index in [4.69, 9.17) is 0 Å². The highest BCUT2D eigenvalue weighted by Gasteiger charge is 2.65. The van der Waals surface area contributed by atoms with Crippen LogP contribution in [-0.2, 0) is 0 Å². The molecule has 4 saturated carbocycles. The summed E-state index contributed by atoms with van der Waals surface area (Å²) < 4.78 is 0. The van der Waals surface area contributed by atoms with Gasteiger partial charge in [0.05, 0.1) is 6.10 Å². The van der Waals surface area contributed by atoms with E-state index in [0.29, 0.717) is 28.8 Å². The van der Waals surface area contributed by atoms with E-state index in [2.05, 4.69) is 59.3 Å². The molecule has 30 heavy (non-hydrogen) atoms. The normalized spacial score (nSPS) is 51.8. The Kier molecular flexibility index (Phi) is 5.94. The highest BCUT2D eigenvalue weighted by Crippen LogP contribution is 2.70. The third-order valence-corrected chi connectivity index (χ3v) is 11.9. The Morgan fingerprint density at radius 3 is 2.23 bits per heavy atom. The molecule has 0 saturated heterocycles. The van der Waals surface area contributed by atoms with E-state index in [1.165, 1.54) is 57.8 Å². The molecule has 1 spiro atoms. The molecule has 0 radical (unpaired) electrons. The average molecular weight is 419 g/mol. The van der Waals surface area contributed by atoms with Crippen molar-refractivity contribution >= 4 is 0 Å². The van der Waals surface area contributed by atoms with E-state index in [9.17, 15) is 5.11 Å². The average Bonchev–Trinajstić information content (AvgIpc) is 2.91. The highest BCUT2D eigenvalue weighted by molar-refractivity contribution is 5.15. The Labute approximate surface area is 186 Å². The van der Waals surface area contributed by atoms with E-state index in [1.54, 1.807) is 0 Å². The van der Waals surface area contributed by atoms with Gasteiger partial charge in [0.1, 0.15) is 0 Å². The van der Waals surface area contributed by atoms with Crippen LogP contribution in [0.2, 0.25) is 0 Å². The smallest absolute Gasteiger partial charge is 0.0594 e.